The van der Waals surface area contributed by atoms with Gasteiger partial charge in [-0.05, 0) is 59.0 Å². The molecule has 0 fully saturated rings. The normalized spacial score (nSPS) is 13.6. The molecule has 0 heterocycles. The van der Waals surface area contributed by atoms with Crippen molar-refractivity contribution in [3.63, 3.8) is 0 Å². The molecule has 3 nitrogen and oxygen atoms in total. The van der Waals surface area contributed by atoms with Crippen LogP contribution in [0.1, 0.15) is 51.3 Å². The van der Waals surface area contributed by atoms with Crippen LogP contribution < -0.4 is 10.1 Å². The van der Waals surface area contributed by atoms with Crippen LogP contribution in [-0.2, 0) is 6.54 Å². The number of methoxy groups -OCH3 is 1. The molecule has 0 amide bonds. The lowest BCUT2D eigenvalue weighted by Crippen LogP contribution is -2.39. The second kappa shape index (κ2) is 7.09. The van der Waals surface area contributed by atoms with Crippen molar-refractivity contribution in [1.29, 1.82) is 0 Å². The molecule has 0 saturated carbocycles. The molecule has 0 saturated heterocycles. The Morgan fingerprint density at radius 2 is 2.00 bits per heavy atom. The first-order chi connectivity index (χ1) is 9.35. The van der Waals surface area contributed by atoms with Gasteiger partial charge in [0.05, 0.1) is 7.11 Å². The van der Waals surface area contributed by atoms with Crippen molar-refractivity contribution in [3.8, 4) is 5.75 Å². The highest BCUT2D eigenvalue weighted by Gasteiger charge is 2.22. The van der Waals surface area contributed by atoms with Crippen molar-refractivity contribution in [2.45, 2.75) is 52.2 Å². The monoisotopic (exact) mass is 278 g/mol. The van der Waals surface area contributed by atoms with E-state index >= 15 is 0 Å². The smallest absolute Gasteiger partial charge is 0.123 e. The first-order valence-electron chi connectivity index (χ1n) is 7.41. The summed E-state index contributed by atoms with van der Waals surface area (Å²) < 4.78 is 5.51. The highest BCUT2D eigenvalue weighted by Crippen LogP contribution is 2.27. The minimum Gasteiger partial charge on any atom is -0.496 e. The third-order valence-electron chi connectivity index (χ3n) is 4.54. The maximum Gasteiger partial charge on any atom is 0.123 e. The summed E-state index contributed by atoms with van der Waals surface area (Å²) in [5.41, 5.74) is 2.73. The second-order valence-electron chi connectivity index (χ2n) is 6.10. The highest BCUT2D eigenvalue weighted by atomic mass is 16.5. The number of ether oxygens (including phenoxy) is 1. The Bertz CT molecular complexity index is 429. The Balaban J connectivity index is 3.02. The Kier molecular flexibility index (Phi) is 6.03. The molecule has 0 aliphatic rings. The molecule has 1 N–H and O–H groups in total. The molecule has 0 aliphatic carbocycles. The van der Waals surface area contributed by atoms with Crippen molar-refractivity contribution >= 4 is 0 Å². The van der Waals surface area contributed by atoms with Gasteiger partial charge >= 0.3 is 0 Å². The molecule has 1 rings (SSSR count). The van der Waals surface area contributed by atoms with Gasteiger partial charge in [-0.3, -0.25) is 4.90 Å². The van der Waals surface area contributed by atoms with Crippen molar-refractivity contribution in [2.24, 2.45) is 0 Å². The quantitative estimate of drug-likeness (QED) is 0.825. The van der Waals surface area contributed by atoms with Crippen LogP contribution in [0.15, 0.2) is 18.2 Å². The third-order valence-corrected chi connectivity index (χ3v) is 4.54. The van der Waals surface area contributed by atoms with Crippen molar-refractivity contribution in [1.82, 2.24) is 10.2 Å². The first kappa shape index (κ1) is 17.0. The van der Waals surface area contributed by atoms with Gasteiger partial charge in [0.2, 0.25) is 0 Å². The molecular formula is C17H30N2O. The van der Waals surface area contributed by atoms with Crippen LogP contribution in [0, 0.1) is 0 Å². The standard InChI is InChI=1S/C17H30N2O/c1-8-17(3,4)19(6)12-15-11-14(13(2)18-5)9-10-16(15)20-7/h9-11,13,18H,8,12H2,1-7H3. The molecule has 1 aromatic carbocycles. The summed E-state index contributed by atoms with van der Waals surface area (Å²) in [7, 11) is 5.91. The molecule has 0 aliphatic heterocycles. The number of rotatable bonds is 7. The zero-order chi connectivity index (χ0) is 15.3. The van der Waals surface area contributed by atoms with E-state index in [1.165, 1.54) is 11.1 Å². The molecule has 1 aromatic rings. The maximum absolute atomic E-state index is 5.51. The van der Waals surface area contributed by atoms with Gasteiger partial charge in [-0.15, -0.1) is 0 Å². The number of hydrogen-bond donors (Lipinski definition) is 1. The predicted octanol–water partition coefficient (Wildman–Crippen LogP) is 3.60. The van der Waals surface area contributed by atoms with Gasteiger partial charge in [-0.1, -0.05) is 13.0 Å². The summed E-state index contributed by atoms with van der Waals surface area (Å²) in [5, 5.41) is 3.29. The van der Waals surface area contributed by atoms with Gasteiger partial charge in [0.1, 0.15) is 5.75 Å². The summed E-state index contributed by atoms with van der Waals surface area (Å²) in [6.07, 6.45) is 1.12. The first-order valence-corrected chi connectivity index (χ1v) is 7.41. The second-order valence-corrected chi connectivity index (χ2v) is 6.10. The van der Waals surface area contributed by atoms with Crippen molar-refractivity contribution in [3.05, 3.63) is 29.3 Å². The van der Waals surface area contributed by atoms with E-state index in [0.717, 1.165) is 18.7 Å². The maximum atomic E-state index is 5.51. The molecular weight excluding hydrogens is 248 g/mol. The Labute approximate surface area is 124 Å². The molecule has 114 valence electrons. The fraction of sp³-hybridized carbons (Fsp3) is 0.647. The predicted molar refractivity (Wildman–Crippen MR) is 86.3 cm³/mol. The van der Waals surface area contributed by atoms with Crippen LogP contribution in [0.4, 0.5) is 0 Å². The molecule has 0 radical (unpaired) electrons. The van der Waals surface area contributed by atoms with Gasteiger partial charge in [0.25, 0.3) is 0 Å². The van der Waals surface area contributed by atoms with Gasteiger partial charge in [0, 0.05) is 23.7 Å². The van der Waals surface area contributed by atoms with E-state index in [1.54, 1.807) is 7.11 Å². The van der Waals surface area contributed by atoms with Crippen LogP contribution in [0.25, 0.3) is 0 Å². The van der Waals surface area contributed by atoms with E-state index in [0.29, 0.717) is 6.04 Å². The SMILES string of the molecule is CCC(C)(C)N(C)Cc1cc(C(C)NC)ccc1OC. The van der Waals surface area contributed by atoms with Gasteiger partial charge in [-0.25, -0.2) is 0 Å². The molecule has 1 unspecified atom stereocenters. The summed E-state index contributed by atoms with van der Waals surface area (Å²) in [5.74, 6) is 0.968. The zero-order valence-corrected chi connectivity index (χ0v) is 14.1. The van der Waals surface area contributed by atoms with E-state index in [-0.39, 0.29) is 5.54 Å². The van der Waals surface area contributed by atoms with Gasteiger partial charge in [-0.2, -0.15) is 0 Å². The van der Waals surface area contributed by atoms with Crippen LogP contribution in [0.3, 0.4) is 0 Å². The van der Waals surface area contributed by atoms with Gasteiger partial charge in [0.15, 0.2) is 0 Å². The van der Waals surface area contributed by atoms with E-state index < -0.39 is 0 Å². The van der Waals surface area contributed by atoms with Crippen molar-refractivity contribution < 1.29 is 4.74 Å². The number of hydrogen-bond acceptors (Lipinski definition) is 3. The third kappa shape index (κ3) is 3.97. The highest BCUT2D eigenvalue weighted by molar-refractivity contribution is 5.38. The number of benzene rings is 1. The van der Waals surface area contributed by atoms with Crippen LogP contribution in [-0.4, -0.2) is 31.6 Å². The largest absolute Gasteiger partial charge is 0.496 e. The lowest BCUT2D eigenvalue weighted by atomic mass is 9.98. The Morgan fingerprint density at radius 3 is 2.50 bits per heavy atom. The van der Waals surface area contributed by atoms with Crippen LogP contribution >= 0.6 is 0 Å². The molecule has 1 atom stereocenters. The zero-order valence-electron chi connectivity index (χ0n) is 14.1. The average Bonchev–Trinajstić information content (AvgIpc) is 2.46. The van der Waals surface area contributed by atoms with E-state index in [9.17, 15) is 0 Å². The van der Waals surface area contributed by atoms with E-state index in [4.69, 9.17) is 4.74 Å². The number of nitrogens with zero attached hydrogens (tertiary/aromatic N) is 1. The van der Waals surface area contributed by atoms with Gasteiger partial charge < -0.3 is 10.1 Å². The summed E-state index contributed by atoms with van der Waals surface area (Å²) in [6, 6.07) is 6.81. The molecule has 0 spiro atoms. The van der Waals surface area contributed by atoms with Crippen LogP contribution in [0.5, 0.6) is 5.75 Å². The number of nitrogens with one attached hydrogen (secondary N) is 1. The molecule has 0 bridgehead atoms. The average molecular weight is 278 g/mol. The molecule has 20 heavy (non-hydrogen) atoms. The fourth-order valence-corrected chi connectivity index (χ4v) is 2.10. The minimum atomic E-state index is 0.190. The van der Waals surface area contributed by atoms with Crippen molar-refractivity contribution in [2.75, 3.05) is 21.2 Å². The van der Waals surface area contributed by atoms with E-state index in [2.05, 4.69) is 63.2 Å². The minimum absolute atomic E-state index is 0.190. The lowest BCUT2D eigenvalue weighted by Gasteiger charge is -2.35. The summed E-state index contributed by atoms with van der Waals surface area (Å²) in [4.78, 5) is 2.39. The van der Waals surface area contributed by atoms with Crippen LogP contribution in [0.2, 0.25) is 0 Å². The molecule has 3 heteroatoms. The molecule has 0 aromatic heterocycles. The lowest BCUT2D eigenvalue weighted by molar-refractivity contribution is 0.141. The Morgan fingerprint density at radius 1 is 1.35 bits per heavy atom. The fourth-order valence-electron chi connectivity index (χ4n) is 2.10. The summed E-state index contributed by atoms with van der Waals surface area (Å²) in [6.45, 7) is 9.85. The summed E-state index contributed by atoms with van der Waals surface area (Å²) >= 11 is 0. The Hall–Kier alpha value is -1.06. The van der Waals surface area contributed by atoms with E-state index in [1.807, 2.05) is 7.05 Å². The topological polar surface area (TPSA) is 24.5 Å².